The first-order chi connectivity index (χ1) is 8.75. The number of hydrogen-bond acceptors (Lipinski definition) is 3. The van der Waals surface area contributed by atoms with Crippen LogP contribution >= 0.6 is 0 Å². The van der Waals surface area contributed by atoms with Crippen LogP contribution in [0.5, 0.6) is 0 Å². The van der Waals surface area contributed by atoms with Gasteiger partial charge in [0.25, 0.3) is 0 Å². The van der Waals surface area contributed by atoms with E-state index >= 15 is 0 Å². The third-order valence-electron chi connectivity index (χ3n) is 4.46. The first-order valence-electron chi connectivity index (χ1n) is 6.50. The number of nitrogens with zero attached hydrogens (tertiary/aromatic N) is 1. The number of carbonyl (C=O) groups excluding carboxylic acids is 1. The molecule has 18 heavy (non-hydrogen) atoms. The molecule has 1 aromatic carbocycles. The molecule has 0 unspecified atom stereocenters. The van der Waals surface area contributed by atoms with Gasteiger partial charge < -0.3 is 4.74 Å². The molecular weight excluding hydrogens is 226 g/mol. The summed E-state index contributed by atoms with van der Waals surface area (Å²) in [7, 11) is 1.77. The van der Waals surface area contributed by atoms with Crippen LogP contribution in [-0.2, 0) is 20.7 Å². The van der Waals surface area contributed by atoms with Gasteiger partial charge in [-0.2, -0.15) is 4.99 Å². The van der Waals surface area contributed by atoms with E-state index in [1.54, 1.807) is 13.2 Å². The van der Waals surface area contributed by atoms with E-state index in [1.807, 2.05) is 6.07 Å². The Labute approximate surface area is 107 Å². The van der Waals surface area contributed by atoms with Gasteiger partial charge >= 0.3 is 0 Å². The summed E-state index contributed by atoms with van der Waals surface area (Å²) in [4.78, 5) is 14.7. The summed E-state index contributed by atoms with van der Waals surface area (Å²) in [6.45, 7) is 0. The van der Waals surface area contributed by atoms with Crippen LogP contribution in [0.2, 0.25) is 0 Å². The summed E-state index contributed by atoms with van der Waals surface area (Å²) in [6.07, 6.45) is 6.93. The van der Waals surface area contributed by atoms with E-state index in [0.29, 0.717) is 0 Å². The van der Waals surface area contributed by atoms with Crippen LogP contribution in [0.1, 0.15) is 43.2 Å². The maximum Gasteiger partial charge on any atom is 0.235 e. The van der Waals surface area contributed by atoms with Gasteiger partial charge in [-0.25, -0.2) is 4.79 Å². The molecule has 0 N–H and O–H groups in total. The van der Waals surface area contributed by atoms with Crippen molar-refractivity contribution in [2.24, 2.45) is 4.99 Å². The van der Waals surface area contributed by atoms with Gasteiger partial charge in [-0.1, -0.05) is 24.3 Å². The van der Waals surface area contributed by atoms with Crippen molar-refractivity contribution in [1.29, 1.82) is 0 Å². The van der Waals surface area contributed by atoms with Gasteiger partial charge in [0.15, 0.2) is 0 Å². The van der Waals surface area contributed by atoms with Crippen molar-refractivity contribution in [3.8, 4) is 0 Å². The molecule has 0 spiro atoms. The number of hydrogen-bond donors (Lipinski definition) is 0. The molecule has 0 amide bonds. The van der Waals surface area contributed by atoms with E-state index in [0.717, 1.165) is 37.7 Å². The van der Waals surface area contributed by atoms with Crippen LogP contribution in [0, 0.1) is 0 Å². The monoisotopic (exact) mass is 243 g/mol. The van der Waals surface area contributed by atoms with Gasteiger partial charge in [0.05, 0.1) is 11.1 Å². The van der Waals surface area contributed by atoms with Gasteiger partial charge in [0.1, 0.15) is 0 Å². The molecule has 3 heteroatoms. The molecule has 1 aromatic rings. The number of methoxy groups -OCH3 is 1. The van der Waals surface area contributed by atoms with E-state index in [2.05, 4.69) is 23.2 Å². The minimum Gasteiger partial charge on any atom is -0.374 e. The molecule has 0 radical (unpaired) electrons. The van der Waals surface area contributed by atoms with Crippen LogP contribution in [0.4, 0.5) is 0 Å². The van der Waals surface area contributed by atoms with Crippen molar-refractivity contribution in [2.75, 3.05) is 7.11 Å². The van der Waals surface area contributed by atoms with Crippen molar-refractivity contribution in [3.05, 3.63) is 35.4 Å². The summed E-state index contributed by atoms with van der Waals surface area (Å²) < 4.78 is 5.61. The molecule has 0 aliphatic heterocycles. The van der Waals surface area contributed by atoms with Crippen LogP contribution in [0.15, 0.2) is 29.3 Å². The Morgan fingerprint density at radius 2 is 1.94 bits per heavy atom. The Bertz CT molecular complexity index is 509. The van der Waals surface area contributed by atoms with E-state index in [-0.39, 0.29) is 11.1 Å². The number of ether oxygens (including phenoxy) is 1. The summed E-state index contributed by atoms with van der Waals surface area (Å²) in [5.74, 6) is 0. The Kier molecular flexibility index (Phi) is 2.61. The average Bonchev–Trinajstić information content (AvgIpc) is 3.15. The molecular formula is C15H17NO2. The summed E-state index contributed by atoms with van der Waals surface area (Å²) in [5, 5.41) is 0. The number of benzene rings is 1. The van der Waals surface area contributed by atoms with Gasteiger partial charge in [-0.3, -0.25) is 0 Å². The number of rotatable bonds is 4. The molecule has 0 heterocycles. The molecule has 2 saturated carbocycles. The smallest absolute Gasteiger partial charge is 0.235 e. The van der Waals surface area contributed by atoms with Crippen LogP contribution in [-0.4, -0.2) is 13.2 Å². The highest BCUT2D eigenvalue weighted by Crippen LogP contribution is 2.51. The second kappa shape index (κ2) is 4.04. The van der Waals surface area contributed by atoms with Gasteiger partial charge in [0.2, 0.25) is 6.08 Å². The normalized spacial score (nSPS) is 22.7. The number of isocyanates is 1. The standard InChI is InChI=1S/C15H17NO2/c1-18-15(8-9-15)13-5-2-4-12(10-13)14(16-11-17)6-3-7-14/h2,4-5,10H,3,6-9H2,1H3. The Morgan fingerprint density at radius 3 is 2.44 bits per heavy atom. The predicted molar refractivity (Wildman–Crippen MR) is 68.0 cm³/mol. The van der Waals surface area contributed by atoms with Crippen LogP contribution in [0.3, 0.4) is 0 Å². The highest BCUT2D eigenvalue weighted by molar-refractivity contribution is 5.42. The molecule has 0 bridgehead atoms. The minimum atomic E-state index is -0.304. The van der Waals surface area contributed by atoms with Crippen molar-refractivity contribution in [1.82, 2.24) is 0 Å². The lowest BCUT2D eigenvalue weighted by atomic mass is 9.72. The molecule has 2 aliphatic carbocycles. The zero-order chi connectivity index (χ0) is 12.6. The fraction of sp³-hybridized carbons (Fsp3) is 0.533. The highest BCUT2D eigenvalue weighted by atomic mass is 16.5. The fourth-order valence-corrected chi connectivity index (χ4v) is 2.88. The third kappa shape index (κ3) is 1.63. The first-order valence-corrected chi connectivity index (χ1v) is 6.50. The van der Waals surface area contributed by atoms with Crippen LogP contribution in [0.25, 0.3) is 0 Å². The largest absolute Gasteiger partial charge is 0.374 e. The molecule has 0 aromatic heterocycles. The molecule has 2 aliphatic rings. The van der Waals surface area contributed by atoms with Gasteiger partial charge in [-0.15, -0.1) is 0 Å². The van der Waals surface area contributed by atoms with E-state index < -0.39 is 0 Å². The minimum absolute atomic E-state index is 0.0775. The molecule has 0 atom stereocenters. The maximum atomic E-state index is 10.6. The van der Waals surface area contributed by atoms with Crippen molar-refractivity contribution >= 4 is 6.08 Å². The second-order valence-electron chi connectivity index (χ2n) is 5.37. The molecule has 3 nitrogen and oxygen atoms in total. The average molecular weight is 243 g/mol. The second-order valence-corrected chi connectivity index (χ2v) is 5.37. The summed E-state index contributed by atoms with van der Waals surface area (Å²) in [6, 6.07) is 8.38. The molecule has 0 saturated heterocycles. The van der Waals surface area contributed by atoms with Crippen molar-refractivity contribution in [3.63, 3.8) is 0 Å². The van der Waals surface area contributed by atoms with E-state index in [1.165, 1.54) is 5.56 Å². The van der Waals surface area contributed by atoms with E-state index in [4.69, 9.17) is 4.74 Å². The Hall–Kier alpha value is -1.44. The number of aliphatic imine (C=N–C) groups is 1. The SMILES string of the molecule is COC1(c2cccc(C3(N=C=O)CCC3)c2)CC1. The molecule has 3 rings (SSSR count). The highest BCUT2D eigenvalue weighted by Gasteiger charge is 2.46. The van der Waals surface area contributed by atoms with Gasteiger partial charge in [-0.05, 0) is 43.2 Å². The van der Waals surface area contributed by atoms with Crippen molar-refractivity contribution < 1.29 is 9.53 Å². The molecule has 94 valence electrons. The lowest BCUT2D eigenvalue weighted by Crippen LogP contribution is -2.32. The quantitative estimate of drug-likeness (QED) is 0.602. The first kappa shape index (κ1) is 11.6. The lowest BCUT2D eigenvalue weighted by molar-refractivity contribution is 0.0786. The van der Waals surface area contributed by atoms with Crippen molar-refractivity contribution in [2.45, 2.75) is 43.2 Å². The van der Waals surface area contributed by atoms with E-state index in [9.17, 15) is 4.79 Å². The van der Waals surface area contributed by atoms with Gasteiger partial charge in [0, 0.05) is 7.11 Å². The maximum absolute atomic E-state index is 10.6. The lowest BCUT2D eigenvalue weighted by Gasteiger charge is -2.37. The Morgan fingerprint density at radius 1 is 1.22 bits per heavy atom. The topological polar surface area (TPSA) is 38.7 Å². The third-order valence-corrected chi connectivity index (χ3v) is 4.46. The zero-order valence-corrected chi connectivity index (χ0v) is 10.6. The molecule has 2 fully saturated rings. The zero-order valence-electron chi connectivity index (χ0n) is 10.6. The summed E-state index contributed by atoms with van der Waals surface area (Å²) in [5.41, 5.74) is 1.97. The predicted octanol–water partition coefficient (Wildman–Crippen LogP) is 3.04. The summed E-state index contributed by atoms with van der Waals surface area (Å²) >= 11 is 0. The Balaban J connectivity index is 1.98. The van der Waals surface area contributed by atoms with Crippen LogP contribution < -0.4 is 0 Å². The fourth-order valence-electron chi connectivity index (χ4n) is 2.88.